The molecule has 0 aliphatic carbocycles. The number of nitrogen functional groups attached to an aromatic ring is 1. The molecule has 13 heavy (non-hydrogen) atoms. The van der Waals surface area contributed by atoms with E-state index < -0.39 is 0 Å². The quantitative estimate of drug-likeness (QED) is 0.682. The van der Waals surface area contributed by atoms with Gasteiger partial charge in [-0.05, 0) is 18.2 Å². The number of rotatable bonds is 0. The number of nitrogens with two attached hydrogens (primary N) is 1. The predicted octanol–water partition coefficient (Wildman–Crippen LogP) is 3.12. The van der Waals surface area contributed by atoms with Crippen LogP contribution >= 0.6 is 23.2 Å². The van der Waals surface area contributed by atoms with Crippen molar-refractivity contribution >= 4 is 39.8 Å². The van der Waals surface area contributed by atoms with E-state index in [-0.39, 0.29) is 0 Å². The lowest BCUT2D eigenvalue weighted by Crippen LogP contribution is -1.90. The minimum atomic E-state index is 0.474. The molecule has 2 aromatic rings. The van der Waals surface area contributed by atoms with Gasteiger partial charge in [0.2, 0.25) is 0 Å². The summed E-state index contributed by atoms with van der Waals surface area (Å²) in [6.45, 7) is 0. The number of fused-ring (bicyclic) bond motifs is 1. The van der Waals surface area contributed by atoms with Crippen molar-refractivity contribution in [3.63, 3.8) is 0 Å². The molecule has 66 valence electrons. The van der Waals surface area contributed by atoms with Crippen molar-refractivity contribution in [1.29, 1.82) is 0 Å². The third kappa shape index (κ3) is 1.32. The smallest absolute Gasteiger partial charge is 0.0961 e. The maximum atomic E-state index is 5.94. The minimum Gasteiger partial charge on any atom is -0.396 e. The third-order valence-electron chi connectivity index (χ3n) is 1.85. The normalized spacial score (nSPS) is 10.6. The monoisotopic (exact) mass is 212 g/mol. The Balaban J connectivity index is 2.94. The van der Waals surface area contributed by atoms with Crippen LogP contribution in [0.15, 0.2) is 24.4 Å². The number of benzene rings is 1. The molecular formula is C9H6Cl2N2. The average molecular weight is 213 g/mol. The first-order valence-electron chi connectivity index (χ1n) is 3.68. The van der Waals surface area contributed by atoms with Gasteiger partial charge in [0.15, 0.2) is 0 Å². The highest BCUT2D eigenvalue weighted by molar-refractivity contribution is 6.37. The van der Waals surface area contributed by atoms with E-state index in [1.807, 2.05) is 6.07 Å². The lowest BCUT2D eigenvalue weighted by Gasteiger charge is -2.03. The second kappa shape index (κ2) is 3.05. The number of nitrogens with zero attached hydrogens (tertiary/aromatic N) is 1. The summed E-state index contributed by atoms with van der Waals surface area (Å²) in [5, 5.41) is 1.96. The van der Waals surface area contributed by atoms with Gasteiger partial charge in [0.25, 0.3) is 0 Å². The molecule has 1 aromatic carbocycles. The van der Waals surface area contributed by atoms with Gasteiger partial charge in [-0.25, -0.2) is 0 Å². The highest BCUT2D eigenvalue weighted by atomic mass is 35.5. The van der Waals surface area contributed by atoms with Crippen molar-refractivity contribution in [2.45, 2.75) is 0 Å². The molecule has 2 nitrogen and oxygen atoms in total. The first kappa shape index (κ1) is 8.60. The van der Waals surface area contributed by atoms with Crippen molar-refractivity contribution in [1.82, 2.24) is 4.98 Å². The highest BCUT2D eigenvalue weighted by Gasteiger charge is 2.05. The Morgan fingerprint density at radius 1 is 1.08 bits per heavy atom. The Labute approximate surface area is 85.3 Å². The van der Waals surface area contributed by atoms with Crippen LogP contribution in [0.5, 0.6) is 0 Å². The molecule has 0 bridgehead atoms. The van der Waals surface area contributed by atoms with Crippen LogP contribution in [-0.4, -0.2) is 4.98 Å². The molecule has 1 aromatic heterocycles. The van der Waals surface area contributed by atoms with Gasteiger partial charge < -0.3 is 5.73 Å². The number of anilines is 1. The van der Waals surface area contributed by atoms with E-state index in [4.69, 9.17) is 28.9 Å². The molecule has 4 heteroatoms. The zero-order valence-electron chi connectivity index (χ0n) is 6.59. The molecule has 0 aliphatic heterocycles. The summed E-state index contributed by atoms with van der Waals surface area (Å²) in [6.07, 6.45) is 1.61. The molecule has 0 fully saturated rings. The summed E-state index contributed by atoms with van der Waals surface area (Å²) in [7, 11) is 0. The van der Waals surface area contributed by atoms with Gasteiger partial charge in [0.05, 0.1) is 21.2 Å². The Bertz CT molecular complexity index is 468. The van der Waals surface area contributed by atoms with Crippen LogP contribution in [0.1, 0.15) is 0 Å². The van der Waals surface area contributed by atoms with Gasteiger partial charge in [-0.3, -0.25) is 4.98 Å². The van der Waals surface area contributed by atoms with Gasteiger partial charge in [-0.2, -0.15) is 0 Å². The highest BCUT2D eigenvalue weighted by Crippen LogP contribution is 2.30. The van der Waals surface area contributed by atoms with E-state index >= 15 is 0 Å². The average Bonchev–Trinajstić information content (AvgIpc) is 2.12. The van der Waals surface area contributed by atoms with Crippen LogP contribution in [0.3, 0.4) is 0 Å². The molecule has 2 N–H and O–H groups in total. The van der Waals surface area contributed by atoms with E-state index in [1.54, 1.807) is 18.3 Å². The van der Waals surface area contributed by atoms with Gasteiger partial charge in [-0.1, -0.05) is 23.2 Å². The second-order valence-electron chi connectivity index (χ2n) is 2.65. The SMILES string of the molecule is Nc1c(Cl)ccc2c(Cl)ccnc12. The lowest BCUT2D eigenvalue weighted by atomic mass is 10.2. The van der Waals surface area contributed by atoms with Crippen LogP contribution in [-0.2, 0) is 0 Å². The second-order valence-corrected chi connectivity index (χ2v) is 3.46. The first-order chi connectivity index (χ1) is 6.20. The fourth-order valence-corrected chi connectivity index (χ4v) is 1.54. The van der Waals surface area contributed by atoms with Crippen molar-refractivity contribution in [3.05, 3.63) is 34.4 Å². The maximum Gasteiger partial charge on any atom is 0.0961 e. The number of pyridine rings is 1. The molecule has 0 unspecified atom stereocenters. The maximum absolute atomic E-state index is 5.94. The molecule has 0 atom stereocenters. The number of aromatic nitrogens is 1. The summed E-state index contributed by atoms with van der Waals surface area (Å²) < 4.78 is 0. The number of hydrogen-bond acceptors (Lipinski definition) is 2. The lowest BCUT2D eigenvalue weighted by molar-refractivity contribution is 1.41. The van der Waals surface area contributed by atoms with Gasteiger partial charge in [-0.15, -0.1) is 0 Å². The molecule has 0 radical (unpaired) electrons. The molecule has 0 amide bonds. The summed E-state index contributed by atoms with van der Waals surface area (Å²) in [5.74, 6) is 0. The van der Waals surface area contributed by atoms with E-state index in [0.29, 0.717) is 21.2 Å². The molecule has 0 saturated heterocycles. The Morgan fingerprint density at radius 3 is 2.62 bits per heavy atom. The first-order valence-corrected chi connectivity index (χ1v) is 4.44. The zero-order valence-corrected chi connectivity index (χ0v) is 8.10. The van der Waals surface area contributed by atoms with E-state index in [9.17, 15) is 0 Å². The molecule has 0 saturated carbocycles. The Hall–Kier alpha value is -0.990. The van der Waals surface area contributed by atoms with Crippen LogP contribution in [0.25, 0.3) is 10.9 Å². The third-order valence-corrected chi connectivity index (χ3v) is 2.50. The standard InChI is InChI=1S/C9H6Cl2N2/c10-6-3-4-13-9-5(6)1-2-7(11)8(9)12/h1-4H,12H2. The van der Waals surface area contributed by atoms with Crippen LogP contribution in [0, 0.1) is 0 Å². The summed E-state index contributed by atoms with van der Waals surface area (Å²) in [6, 6.07) is 5.24. The number of hydrogen-bond donors (Lipinski definition) is 1. The minimum absolute atomic E-state index is 0.474. The van der Waals surface area contributed by atoms with Gasteiger partial charge in [0, 0.05) is 11.6 Å². The number of halogens is 2. The van der Waals surface area contributed by atoms with Gasteiger partial charge >= 0.3 is 0 Å². The summed E-state index contributed by atoms with van der Waals surface area (Å²) >= 11 is 11.8. The fourth-order valence-electron chi connectivity index (χ4n) is 1.18. The fraction of sp³-hybridized carbons (Fsp3) is 0. The Kier molecular flexibility index (Phi) is 2.02. The molecular weight excluding hydrogens is 207 g/mol. The zero-order chi connectivity index (χ0) is 9.42. The largest absolute Gasteiger partial charge is 0.396 e. The van der Waals surface area contributed by atoms with Crippen molar-refractivity contribution < 1.29 is 0 Å². The molecule has 0 spiro atoms. The predicted molar refractivity (Wildman–Crippen MR) is 56.2 cm³/mol. The van der Waals surface area contributed by atoms with Crippen LogP contribution < -0.4 is 5.73 Å². The van der Waals surface area contributed by atoms with E-state index in [2.05, 4.69) is 4.98 Å². The molecule has 0 aliphatic rings. The van der Waals surface area contributed by atoms with E-state index in [1.165, 1.54) is 0 Å². The van der Waals surface area contributed by atoms with Gasteiger partial charge in [0.1, 0.15) is 0 Å². The summed E-state index contributed by atoms with van der Waals surface area (Å²) in [4.78, 5) is 4.11. The summed E-state index contributed by atoms with van der Waals surface area (Å²) in [5.41, 5.74) is 6.86. The Morgan fingerprint density at radius 2 is 1.85 bits per heavy atom. The van der Waals surface area contributed by atoms with Crippen molar-refractivity contribution in [2.75, 3.05) is 5.73 Å². The molecule has 2 rings (SSSR count). The molecule has 1 heterocycles. The van der Waals surface area contributed by atoms with Crippen LogP contribution in [0.2, 0.25) is 10.0 Å². The van der Waals surface area contributed by atoms with Crippen LogP contribution in [0.4, 0.5) is 5.69 Å². The van der Waals surface area contributed by atoms with E-state index in [0.717, 1.165) is 5.39 Å². The van der Waals surface area contributed by atoms with Crippen molar-refractivity contribution in [2.24, 2.45) is 0 Å². The van der Waals surface area contributed by atoms with Crippen molar-refractivity contribution in [3.8, 4) is 0 Å². The topological polar surface area (TPSA) is 38.9 Å².